The molecule has 1 amide bonds. The van der Waals surface area contributed by atoms with Crippen LogP contribution in [0.5, 0.6) is 11.5 Å². The van der Waals surface area contributed by atoms with Crippen LogP contribution >= 0.6 is 11.6 Å². The van der Waals surface area contributed by atoms with Crippen molar-refractivity contribution in [3.8, 4) is 11.5 Å². The van der Waals surface area contributed by atoms with E-state index in [1.54, 1.807) is 0 Å². The first-order valence-electron chi connectivity index (χ1n) is 20.7. The van der Waals surface area contributed by atoms with Gasteiger partial charge in [0.15, 0.2) is 34.0 Å². The van der Waals surface area contributed by atoms with Crippen LogP contribution in [-0.4, -0.2) is 142 Å². The lowest BCUT2D eigenvalue weighted by Crippen LogP contribution is -2.60. The molecule has 4 rings (SSSR count). The van der Waals surface area contributed by atoms with Gasteiger partial charge in [-0.25, -0.2) is 9.97 Å². The molecule has 0 unspecified atom stereocenters. The van der Waals surface area contributed by atoms with Gasteiger partial charge in [-0.1, -0.05) is 35.9 Å². The number of ketones is 2. The molecule has 0 aliphatic carbocycles. The number of likely N-dealkylation sites (tertiary alicyclic amines) is 1. The highest BCUT2D eigenvalue weighted by Gasteiger charge is 2.35. The largest absolute Gasteiger partial charge is 0.486 e. The van der Waals surface area contributed by atoms with E-state index in [4.69, 9.17) is 32.5 Å². The van der Waals surface area contributed by atoms with Gasteiger partial charge >= 0.3 is 0 Å². The Hall–Kier alpha value is -4.30. The SMILES string of the molecule is C[N+](C)(C)CCCC(=O)COc1ccc(CCC[N+]2(CCCc3ccc(OCC(=O)CCC[N+](C)(C)C)cc3)CCC[C@H](NC(=O)c3nc(Cl)c(N)nc3N)C2)cc1. The molecule has 0 saturated carbocycles. The smallest absolute Gasteiger partial charge is 0.274 e. The van der Waals surface area contributed by atoms with Crippen molar-refractivity contribution >= 4 is 40.7 Å². The van der Waals surface area contributed by atoms with Crippen molar-refractivity contribution in [2.45, 2.75) is 70.3 Å². The zero-order valence-corrected chi connectivity index (χ0v) is 36.5. The number of aromatic nitrogens is 2. The van der Waals surface area contributed by atoms with E-state index in [2.05, 4.69) is 81.8 Å². The highest BCUT2D eigenvalue weighted by atomic mass is 35.5. The summed E-state index contributed by atoms with van der Waals surface area (Å²) in [7, 11) is 12.8. The number of Topliss-reactive ketones (excluding diaryl/α,β-unsaturated/α-hetero) is 2. The van der Waals surface area contributed by atoms with Crippen molar-refractivity contribution in [2.24, 2.45) is 0 Å². The summed E-state index contributed by atoms with van der Waals surface area (Å²) in [6, 6.07) is 16.1. The number of carbonyl (C=O) groups excluding carboxylic acids is 3. The topological polar surface area (TPSA) is 160 Å². The van der Waals surface area contributed by atoms with Crippen LogP contribution in [0, 0.1) is 0 Å². The number of hydrogen-bond donors (Lipinski definition) is 3. The van der Waals surface area contributed by atoms with Crippen LogP contribution in [0.25, 0.3) is 0 Å². The number of rotatable bonds is 24. The summed E-state index contributed by atoms with van der Waals surface area (Å²) < 4.78 is 14.2. The quantitative estimate of drug-likeness (QED) is 0.104. The number of hydrogen-bond acceptors (Lipinski definition) is 9. The van der Waals surface area contributed by atoms with Gasteiger partial charge in [-0.15, -0.1) is 0 Å². The maximum Gasteiger partial charge on any atom is 0.274 e. The third-order valence-corrected chi connectivity index (χ3v) is 10.9. The van der Waals surface area contributed by atoms with Crippen molar-refractivity contribution < 1.29 is 37.3 Å². The van der Waals surface area contributed by atoms with E-state index < -0.39 is 5.91 Å². The highest BCUT2D eigenvalue weighted by molar-refractivity contribution is 6.31. The Morgan fingerprint density at radius 2 is 1.22 bits per heavy atom. The van der Waals surface area contributed by atoms with Gasteiger partial charge in [0.25, 0.3) is 5.91 Å². The zero-order valence-electron chi connectivity index (χ0n) is 35.7. The Labute approximate surface area is 350 Å². The first-order valence-corrected chi connectivity index (χ1v) is 21.1. The van der Waals surface area contributed by atoms with E-state index in [-0.39, 0.29) is 53.3 Å². The number of ether oxygens (including phenoxy) is 2. The van der Waals surface area contributed by atoms with Gasteiger partial charge in [-0.3, -0.25) is 14.4 Å². The van der Waals surface area contributed by atoms with E-state index in [9.17, 15) is 14.4 Å². The predicted molar refractivity (Wildman–Crippen MR) is 231 cm³/mol. The first-order chi connectivity index (χ1) is 27.4. The molecule has 318 valence electrons. The monoisotopic (exact) mass is 823 g/mol. The summed E-state index contributed by atoms with van der Waals surface area (Å²) in [5.41, 5.74) is 14.2. The van der Waals surface area contributed by atoms with Crippen molar-refractivity contribution in [3.05, 3.63) is 70.5 Å². The van der Waals surface area contributed by atoms with Crippen molar-refractivity contribution in [3.63, 3.8) is 0 Å². The molecule has 14 heteroatoms. The third kappa shape index (κ3) is 16.5. The maximum absolute atomic E-state index is 13.3. The standard InChI is InChI=1S/C44H67ClN8O5/c1-51(2,3)25-10-15-36(54)31-57-38-21-17-33(18-22-38)12-7-27-53(29-9-14-35(30-53)48-44(56)40-42(46)50-43(47)41(45)49-40)28-8-13-34-19-23-39(24-20-34)58-32-37(55)16-11-26-52(4,5)6/h17-24,35H,7-16,25-32H2,1-6H3,(H4-,46,47,48,50,56)/q+2/p+1/t35-/m0/s1. The Morgan fingerprint density at radius 1 is 0.741 bits per heavy atom. The van der Waals surface area contributed by atoms with Crippen molar-refractivity contribution in [1.29, 1.82) is 0 Å². The van der Waals surface area contributed by atoms with E-state index in [1.165, 1.54) is 11.1 Å². The average molecular weight is 825 g/mol. The van der Waals surface area contributed by atoms with Crippen LogP contribution in [0.3, 0.4) is 0 Å². The fourth-order valence-corrected chi connectivity index (χ4v) is 7.66. The Balaban J connectivity index is 1.33. The van der Waals surface area contributed by atoms with Crippen LogP contribution in [-0.2, 0) is 22.4 Å². The lowest BCUT2D eigenvalue weighted by atomic mass is 9.99. The van der Waals surface area contributed by atoms with Crippen molar-refractivity contribution in [2.75, 3.05) is 106 Å². The van der Waals surface area contributed by atoms with Gasteiger partial charge < -0.3 is 39.7 Å². The van der Waals surface area contributed by atoms with Gasteiger partial charge in [0.05, 0.1) is 87.6 Å². The van der Waals surface area contributed by atoms with Crippen LogP contribution in [0.4, 0.5) is 11.6 Å². The number of aryl methyl sites for hydroxylation is 2. The fraction of sp³-hybridized carbons (Fsp3) is 0.568. The molecule has 1 aliphatic heterocycles. The number of quaternary nitrogens is 3. The summed E-state index contributed by atoms with van der Waals surface area (Å²) in [6.45, 7) is 5.80. The number of halogens is 1. The minimum absolute atomic E-state index is 0.0123. The molecule has 1 aliphatic rings. The van der Waals surface area contributed by atoms with Crippen molar-refractivity contribution in [1.82, 2.24) is 15.3 Å². The molecule has 3 aromatic rings. The molecule has 1 fully saturated rings. The van der Waals surface area contributed by atoms with Gasteiger partial charge in [0.1, 0.15) is 24.7 Å². The average Bonchev–Trinajstić information content (AvgIpc) is 3.15. The van der Waals surface area contributed by atoms with Crippen LogP contribution in [0.15, 0.2) is 48.5 Å². The molecule has 0 bridgehead atoms. The van der Waals surface area contributed by atoms with Crippen LogP contribution < -0.4 is 26.3 Å². The number of nitrogens with one attached hydrogen (secondary N) is 1. The van der Waals surface area contributed by atoms with Crippen LogP contribution in [0.1, 0.15) is 73.0 Å². The number of benzene rings is 2. The van der Waals surface area contributed by atoms with Gasteiger partial charge in [-0.2, -0.15) is 0 Å². The molecule has 1 atom stereocenters. The van der Waals surface area contributed by atoms with E-state index in [0.717, 1.165) is 104 Å². The number of amides is 1. The molecular formula is C44H68ClN8O5+3. The third-order valence-electron chi connectivity index (χ3n) is 10.7. The Kier molecular flexibility index (Phi) is 17.3. The predicted octanol–water partition coefficient (Wildman–Crippen LogP) is 5.14. The first kappa shape index (κ1) is 46.4. The summed E-state index contributed by atoms with van der Waals surface area (Å²) in [6.07, 6.45) is 8.31. The summed E-state index contributed by atoms with van der Waals surface area (Å²) in [5.74, 6) is 1.18. The highest BCUT2D eigenvalue weighted by Crippen LogP contribution is 2.25. The van der Waals surface area contributed by atoms with Gasteiger partial charge in [0.2, 0.25) is 0 Å². The second-order valence-corrected chi connectivity index (χ2v) is 18.4. The zero-order chi connectivity index (χ0) is 42.3. The molecule has 13 nitrogen and oxygen atoms in total. The number of piperidine rings is 1. The minimum atomic E-state index is -0.404. The van der Waals surface area contributed by atoms with E-state index >= 15 is 0 Å². The normalized spacial score (nSPS) is 15.5. The van der Waals surface area contributed by atoms with E-state index in [0.29, 0.717) is 24.3 Å². The van der Waals surface area contributed by atoms with Gasteiger partial charge in [-0.05, 0) is 61.1 Å². The fourth-order valence-electron chi connectivity index (χ4n) is 7.54. The van der Waals surface area contributed by atoms with Crippen LogP contribution in [0.2, 0.25) is 5.15 Å². The molecule has 58 heavy (non-hydrogen) atoms. The molecule has 1 saturated heterocycles. The second-order valence-electron chi connectivity index (χ2n) is 18.0. The second kappa shape index (κ2) is 21.6. The number of nitrogens with two attached hydrogens (primary N) is 2. The molecule has 0 spiro atoms. The lowest BCUT2D eigenvalue weighted by Gasteiger charge is -2.45. The molecule has 1 aromatic heterocycles. The molecule has 0 radical (unpaired) electrons. The van der Waals surface area contributed by atoms with Gasteiger partial charge in [0, 0.05) is 38.5 Å². The summed E-state index contributed by atoms with van der Waals surface area (Å²) in [5, 5.41) is 3.12. The Morgan fingerprint density at radius 3 is 1.69 bits per heavy atom. The number of carbonyl (C=O) groups is 3. The molecule has 2 aromatic carbocycles. The number of anilines is 2. The summed E-state index contributed by atoms with van der Waals surface area (Å²) in [4.78, 5) is 46.1. The molecular weight excluding hydrogens is 756 g/mol. The minimum Gasteiger partial charge on any atom is -0.486 e. The number of nitrogens with zero attached hydrogens (tertiary/aromatic N) is 5. The summed E-state index contributed by atoms with van der Waals surface area (Å²) >= 11 is 6.09. The maximum atomic E-state index is 13.3. The van der Waals surface area contributed by atoms with E-state index in [1.807, 2.05) is 24.3 Å². The molecule has 2 heterocycles. The molecule has 5 N–H and O–H groups in total. The Bertz CT molecular complexity index is 1710. The lowest BCUT2D eigenvalue weighted by molar-refractivity contribution is -0.933. The number of nitrogen functional groups attached to an aromatic ring is 2.